The quantitative estimate of drug-likeness (QED) is 0.745. The first kappa shape index (κ1) is 15.0. The maximum absolute atomic E-state index is 12.3. The summed E-state index contributed by atoms with van der Waals surface area (Å²) in [5, 5.41) is 12.1. The molecule has 2 rings (SSSR count). The molecule has 1 aliphatic rings. The number of amides is 1. The monoisotopic (exact) mass is 298 g/mol. The van der Waals surface area contributed by atoms with Crippen LogP contribution in [-0.4, -0.2) is 32.0 Å². The van der Waals surface area contributed by atoms with E-state index in [-0.39, 0.29) is 16.8 Å². The Kier molecular flexibility index (Phi) is 4.42. The highest BCUT2D eigenvalue weighted by atomic mass is 32.2. The molecule has 1 heterocycles. The molecule has 0 saturated carbocycles. The Bertz CT molecular complexity index is 588. The van der Waals surface area contributed by atoms with Crippen LogP contribution in [0.5, 0.6) is 0 Å². The van der Waals surface area contributed by atoms with Crippen LogP contribution >= 0.6 is 0 Å². The van der Waals surface area contributed by atoms with Crippen molar-refractivity contribution in [3.63, 3.8) is 0 Å². The molecule has 1 saturated heterocycles. The number of hydrogen-bond donors (Lipinski definition) is 3. The molecule has 0 aromatic heterocycles. The first-order valence-corrected chi connectivity index (χ1v) is 7.94. The number of sulfonamides is 1. The minimum absolute atomic E-state index is 0.0587. The number of carbonyl (C=O) groups is 1. The minimum Gasteiger partial charge on any atom is -0.389 e. The SMILES string of the molecule is CC(O)c1cccc(S(=O)(=O)NC2CCC(=O)NC2)c1. The summed E-state index contributed by atoms with van der Waals surface area (Å²) in [6, 6.07) is 5.90. The maximum atomic E-state index is 12.3. The molecule has 1 aliphatic heterocycles. The molecular formula is C13H18N2O4S. The molecule has 20 heavy (non-hydrogen) atoms. The smallest absolute Gasteiger partial charge is 0.240 e. The van der Waals surface area contributed by atoms with Gasteiger partial charge in [0.15, 0.2) is 0 Å². The predicted molar refractivity (Wildman–Crippen MR) is 73.4 cm³/mol. The summed E-state index contributed by atoms with van der Waals surface area (Å²) in [5.41, 5.74) is 0.546. The van der Waals surface area contributed by atoms with Crippen molar-refractivity contribution in [3.8, 4) is 0 Å². The van der Waals surface area contributed by atoms with Crippen molar-refractivity contribution in [2.24, 2.45) is 0 Å². The van der Waals surface area contributed by atoms with Gasteiger partial charge in [-0.2, -0.15) is 0 Å². The van der Waals surface area contributed by atoms with E-state index in [1.165, 1.54) is 12.1 Å². The van der Waals surface area contributed by atoms with E-state index in [9.17, 15) is 18.3 Å². The molecule has 2 unspecified atom stereocenters. The van der Waals surface area contributed by atoms with Crippen LogP contribution in [0.3, 0.4) is 0 Å². The predicted octanol–water partition coefficient (Wildman–Crippen LogP) is 0.297. The standard InChI is InChI=1S/C13H18N2O4S/c1-9(16)10-3-2-4-12(7-10)20(18,19)15-11-5-6-13(17)14-8-11/h2-4,7,9,11,15-16H,5-6,8H2,1H3,(H,14,17). The number of benzene rings is 1. The van der Waals surface area contributed by atoms with Gasteiger partial charge in [0.1, 0.15) is 0 Å². The lowest BCUT2D eigenvalue weighted by molar-refractivity contribution is -0.122. The Balaban J connectivity index is 2.14. The number of hydrogen-bond acceptors (Lipinski definition) is 4. The third kappa shape index (κ3) is 3.56. The summed E-state index contributed by atoms with van der Waals surface area (Å²) in [5.74, 6) is -0.0587. The van der Waals surface area contributed by atoms with Crippen molar-refractivity contribution >= 4 is 15.9 Å². The normalized spacial score (nSPS) is 21.3. The fourth-order valence-corrected chi connectivity index (χ4v) is 3.39. The van der Waals surface area contributed by atoms with Crippen LogP contribution in [0.4, 0.5) is 0 Å². The summed E-state index contributed by atoms with van der Waals surface area (Å²) < 4.78 is 27.1. The number of piperidine rings is 1. The zero-order valence-electron chi connectivity index (χ0n) is 11.2. The minimum atomic E-state index is -3.65. The number of aliphatic hydroxyl groups is 1. The van der Waals surface area contributed by atoms with Crippen LogP contribution in [0, 0.1) is 0 Å². The highest BCUT2D eigenvalue weighted by Gasteiger charge is 2.24. The second kappa shape index (κ2) is 5.90. The highest BCUT2D eigenvalue weighted by molar-refractivity contribution is 7.89. The number of carbonyl (C=O) groups excluding carboxylic acids is 1. The molecule has 2 atom stereocenters. The average molecular weight is 298 g/mol. The largest absolute Gasteiger partial charge is 0.389 e. The van der Waals surface area contributed by atoms with E-state index in [0.29, 0.717) is 24.9 Å². The van der Waals surface area contributed by atoms with Crippen LogP contribution in [0.25, 0.3) is 0 Å². The van der Waals surface area contributed by atoms with Gasteiger partial charge in [-0.25, -0.2) is 13.1 Å². The summed E-state index contributed by atoms with van der Waals surface area (Å²) in [7, 11) is -3.65. The number of aliphatic hydroxyl groups excluding tert-OH is 1. The molecule has 110 valence electrons. The van der Waals surface area contributed by atoms with Crippen molar-refractivity contribution < 1.29 is 18.3 Å². The fraction of sp³-hybridized carbons (Fsp3) is 0.462. The molecule has 1 amide bonds. The third-order valence-electron chi connectivity index (χ3n) is 3.24. The molecule has 7 heteroatoms. The van der Waals surface area contributed by atoms with Crippen molar-refractivity contribution in [1.29, 1.82) is 0 Å². The zero-order chi connectivity index (χ0) is 14.8. The van der Waals surface area contributed by atoms with Gasteiger partial charge in [-0.05, 0) is 31.0 Å². The van der Waals surface area contributed by atoms with Gasteiger partial charge in [-0.1, -0.05) is 12.1 Å². The molecule has 1 aromatic carbocycles. The van der Waals surface area contributed by atoms with E-state index in [4.69, 9.17) is 0 Å². The van der Waals surface area contributed by atoms with Gasteiger partial charge >= 0.3 is 0 Å². The van der Waals surface area contributed by atoms with E-state index >= 15 is 0 Å². The first-order valence-electron chi connectivity index (χ1n) is 6.45. The molecule has 0 aliphatic carbocycles. The van der Waals surface area contributed by atoms with Gasteiger partial charge in [-0.15, -0.1) is 0 Å². The van der Waals surface area contributed by atoms with E-state index < -0.39 is 16.1 Å². The second-order valence-electron chi connectivity index (χ2n) is 4.91. The third-order valence-corrected chi connectivity index (χ3v) is 4.76. The van der Waals surface area contributed by atoms with E-state index in [0.717, 1.165) is 0 Å². The molecule has 0 radical (unpaired) electrons. The molecule has 1 aromatic rings. The van der Waals surface area contributed by atoms with Crippen molar-refractivity contribution in [1.82, 2.24) is 10.0 Å². The van der Waals surface area contributed by atoms with Crippen LogP contribution < -0.4 is 10.0 Å². The molecule has 1 fully saturated rings. The Morgan fingerprint density at radius 3 is 2.80 bits per heavy atom. The number of nitrogens with one attached hydrogen (secondary N) is 2. The molecule has 3 N–H and O–H groups in total. The van der Waals surface area contributed by atoms with Crippen molar-refractivity contribution in [2.45, 2.75) is 36.8 Å². The van der Waals surface area contributed by atoms with E-state index in [1.54, 1.807) is 19.1 Å². The molecule has 0 spiro atoms. The maximum Gasteiger partial charge on any atom is 0.240 e. The van der Waals surface area contributed by atoms with Crippen molar-refractivity contribution in [2.75, 3.05) is 6.54 Å². The van der Waals surface area contributed by atoms with Crippen LogP contribution in [0.2, 0.25) is 0 Å². The molecule has 0 bridgehead atoms. The van der Waals surface area contributed by atoms with Gasteiger partial charge < -0.3 is 10.4 Å². The fourth-order valence-electron chi connectivity index (χ4n) is 2.06. The summed E-state index contributed by atoms with van der Waals surface area (Å²) in [6.45, 7) is 1.88. The Morgan fingerprint density at radius 2 is 2.20 bits per heavy atom. The Hall–Kier alpha value is -1.44. The van der Waals surface area contributed by atoms with Gasteiger partial charge in [-0.3, -0.25) is 4.79 Å². The van der Waals surface area contributed by atoms with Gasteiger partial charge in [0.05, 0.1) is 11.0 Å². The van der Waals surface area contributed by atoms with Crippen LogP contribution in [-0.2, 0) is 14.8 Å². The molecule has 6 nitrogen and oxygen atoms in total. The van der Waals surface area contributed by atoms with Crippen LogP contribution in [0.1, 0.15) is 31.4 Å². The van der Waals surface area contributed by atoms with Crippen LogP contribution in [0.15, 0.2) is 29.2 Å². The Morgan fingerprint density at radius 1 is 1.45 bits per heavy atom. The van der Waals surface area contributed by atoms with Crippen molar-refractivity contribution in [3.05, 3.63) is 29.8 Å². The van der Waals surface area contributed by atoms with Gasteiger partial charge in [0.2, 0.25) is 15.9 Å². The first-order chi connectivity index (χ1) is 9.38. The topological polar surface area (TPSA) is 95.5 Å². The summed E-state index contributed by atoms with van der Waals surface area (Å²) in [4.78, 5) is 11.2. The second-order valence-corrected chi connectivity index (χ2v) is 6.62. The van der Waals surface area contributed by atoms with E-state index in [1.807, 2.05) is 0 Å². The summed E-state index contributed by atoms with van der Waals surface area (Å²) >= 11 is 0. The lowest BCUT2D eigenvalue weighted by atomic mass is 10.1. The Labute approximate surface area is 118 Å². The number of rotatable bonds is 4. The average Bonchev–Trinajstić information content (AvgIpc) is 2.41. The lowest BCUT2D eigenvalue weighted by Crippen LogP contribution is -2.47. The van der Waals surface area contributed by atoms with Gasteiger partial charge in [0, 0.05) is 19.0 Å². The lowest BCUT2D eigenvalue weighted by Gasteiger charge is -2.23. The van der Waals surface area contributed by atoms with E-state index in [2.05, 4.69) is 10.0 Å². The summed E-state index contributed by atoms with van der Waals surface area (Å²) in [6.07, 6.45) is 0.0846. The van der Waals surface area contributed by atoms with Gasteiger partial charge in [0.25, 0.3) is 0 Å². The highest BCUT2D eigenvalue weighted by Crippen LogP contribution is 2.18. The molecular weight excluding hydrogens is 280 g/mol. The zero-order valence-corrected chi connectivity index (χ0v) is 12.0.